The van der Waals surface area contributed by atoms with Crippen molar-refractivity contribution in [3.8, 4) is 16.9 Å². The third-order valence-electron chi connectivity index (χ3n) is 6.91. The zero-order chi connectivity index (χ0) is 31.1. The zero-order valence-corrected chi connectivity index (χ0v) is 23.8. The number of cyclic esters (lactones) is 1. The molecule has 1 fully saturated rings. The number of hydrogen-bond donors (Lipinski definition) is 0. The van der Waals surface area contributed by atoms with Crippen LogP contribution in [0.1, 0.15) is 60.7 Å². The molecule has 1 aliphatic heterocycles. The van der Waals surface area contributed by atoms with Gasteiger partial charge in [0, 0.05) is 23.4 Å². The number of rotatable bonds is 7. The van der Waals surface area contributed by atoms with E-state index in [2.05, 4.69) is 9.97 Å². The van der Waals surface area contributed by atoms with Gasteiger partial charge in [0.25, 0.3) is 0 Å². The first kappa shape index (κ1) is 31.4. The molecule has 226 valence electrons. The van der Waals surface area contributed by atoms with Gasteiger partial charge < -0.3 is 9.47 Å². The van der Waals surface area contributed by atoms with Crippen molar-refractivity contribution >= 4 is 17.9 Å². The van der Waals surface area contributed by atoms with E-state index in [4.69, 9.17) is 9.47 Å². The van der Waals surface area contributed by atoms with E-state index in [1.54, 1.807) is 12.3 Å². The molecular weight excluding hydrogens is 591 g/mol. The van der Waals surface area contributed by atoms with Crippen LogP contribution in [-0.2, 0) is 23.6 Å². The Labute approximate surface area is 241 Å². The second kappa shape index (κ2) is 11.6. The summed E-state index contributed by atoms with van der Waals surface area (Å²) in [6.45, 7) is 4.84. The predicted molar refractivity (Wildman–Crippen MR) is 141 cm³/mol. The number of amides is 1. The maximum Gasteiger partial charge on any atom is 0.416 e. The quantitative estimate of drug-likeness (QED) is 0.151. The van der Waals surface area contributed by atoms with E-state index in [9.17, 15) is 35.5 Å². The Hall–Kier alpha value is -3.55. The summed E-state index contributed by atoms with van der Waals surface area (Å²) >= 11 is 1.21. The molecule has 2 aromatic carbocycles. The van der Waals surface area contributed by atoms with Crippen molar-refractivity contribution in [2.45, 2.75) is 62.9 Å². The van der Waals surface area contributed by atoms with Crippen LogP contribution < -0.4 is 4.74 Å². The Kier molecular flexibility index (Phi) is 8.68. The molecule has 0 unspecified atom stereocenters. The molecule has 2 atom stereocenters. The smallest absolute Gasteiger partial charge is 0.416 e. The number of halogens is 7. The van der Waals surface area contributed by atoms with Crippen molar-refractivity contribution < 1.29 is 45.0 Å². The van der Waals surface area contributed by atoms with Crippen LogP contribution in [0.4, 0.5) is 35.5 Å². The second-order valence-electron chi connectivity index (χ2n) is 9.96. The van der Waals surface area contributed by atoms with Crippen molar-refractivity contribution in [1.29, 1.82) is 0 Å². The van der Waals surface area contributed by atoms with Gasteiger partial charge in [0.2, 0.25) is 0 Å². The molecule has 0 aliphatic carbocycles. The fraction of sp³-hybridized carbons (Fsp3) is 0.393. The number of carbonyl (C=O) groups excluding carboxylic acids is 1. The largest absolute Gasteiger partial charge is 0.496 e. The van der Waals surface area contributed by atoms with Crippen LogP contribution in [0.3, 0.4) is 0 Å². The Bertz CT molecular complexity index is 1460. The van der Waals surface area contributed by atoms with Crippen LogP contribution in [0, 0.1) is 5.82 Å². The number of alkyl halides is 6. The highest BCUT2D eigenvalue weighted by Gasteiger charge is 2.43. The molecule has 14 heteroatoms. The highest BCUT2D eigenvalue weighted by atomic mass is 32.2. The van der Waals surface area contributed by atoms with Gasteiger partial charge in [-0.25, -0.2) is 19.2 Å². The molecule has 0 spiro atoms. The predicted octanol–water partition coefficient (Wildman–Crippen LogP) is 8.26. The summed E-state index contributed by atoms with van der Waals surface area (Å²) in [5.41, 5.74) is -1.96. The first-order chi connectivity index (χ1) is 19.5. The molecule has 1 aliphatic rings. The van der Waals surface area contributed by atoms with Gasteiger partial charge in [0.05, 0.1) is 36.5 Å². The van der Waals surface area contributed by atoms with Crippen LogP contribution in [-0.4, -0.2) is 40.4 Å². The summed E-state index contributed by atoms with van der Waals surface area (Å²) in [6.07, 6.45) is -9.30. The normalized spacial score (nSPS) is 17.6. The van der Waals surface area contributed by atoms with E-state index in [-0.39, 0.29) is 24.3 Å². The number of carbonyl (C=O) groups is 1. The van der Waals surface area contributed by atoms with Crippen LogP contribution in [0.2, 0.25) is 0 Å². The number of nitrogens with zero attached hydrogens (tertiary/aromatic N) is 3. The molecule has 0 saturated carbocycles. The number of thioether (sulfide) groups is 1. The van der Waals surface area contributed by atoms with Crippen molar-refractivity contribution in [3.05, 3.63) is 70.3 Å². The molecule has 0 N–H and O–H groups in total. The Morgan fingerprint density at radius 2 is 1.64 bits per heavy atom. The minimum absolute atomic E-state index is 0.0152. The van der Waals surface area contributed by atoms with Gasteiger partial charge in [-0.2, -0.15) is 26.3 Å². The van der Waals surface area contributed by atoms with Crippen molar-refractivity contribution in [3.63, 3.8) is 0 Å². The molecule has 0 bridgehead atoms. The molecule has 6 nitrogen and oxygen atoms in total. The van der Waals surface area contributed by atoms with E-state index in [0.717, 1.165) is 4.90 Å². The van der Waals surface area contributed by atoms with Gasteiger partial charge in [0.1, 0.15) is 17.7 Å². The lowest BCUT2D eigenvalue weighted by Crippen LogP contribution is -2.32. The van der Waals surface area contributed by atoms with Crippen LogP contribution in [0.5, 0.6) is 5.75 Å². The van der Waals surface area contributed by atoms with Gasteiger partial charge in [-0.3, -0.25) is 4.90 Å². The van der Waals surface area contributed by atoms with Gasteiger partial charge >= 0.3 is 18.4 Å². The lowest BCUT2D eigenvalue weighted by Gasteiger charge is -2.23. The molecule has 4 rings (SSSR count). The lowest BCUT2D eigenvalue weighted by molar-refractivity contribution is -0.143. The summed E-state index contributed by atoms with van der Waals surface area (Å²) in [5, 5.41) is 0.336. The minimum atomic E-state index is -5.06. The Morgan fingerprint density at radius 1 is 1.02 bits per heavy atom. The molecule has 0 radical (unpaired) electrons. The van der Waals surface area contributed by atoms with Crippen molar-refractivity contribution in [2.75, 3.05) is 13.4 Å². The van der Waals surface area contributed by atoms with E-state index in [1.807, 2.05) is 13.8 Å². The summed E-state index contributed by atoms with van der Waals surface area (Å²) < 4.78 is 106. The van der Waals surface area contributed by atoms with Gasteiger partial charge in [-0.05, 0) is 54.5 Å². The number of ether oxygens (including phenoxy) is 2. The number of methoxy groups -OCH3 is 1. The molecule has 1 aromatic heterocycles. The molecule has 2 heterocycles. The summed E-state index contributed by atoms with van der Waals surface area (Å²) in [4.78, 5) is 23.0. The first-order valence-electron chi connectivity index (χ1n) is 12.6. The van der Waals surface area contributed by atoms with Gasteiger partial charge in [-0.15, -0.1) is 0 Å². The number of benzene rings is 2. The highest BCUT2D eigenvalue weighted by molar-refractivity contribution is 7.98. The van der Waals surface area contributed by atoms with Crippen LogP contribution >= 0.6 is 11.8 Å². The number of hydrogen-bond acceptors (Lipinski definition) is 6. The highest BCUT2D eigenvalue weighted by Crippen LogP contribution is 2.42. The maximum atomic E-state index is 14.7. The van der Waals surface area contributed by atoms with E-state index in [0.29, 0.717) is 39.7 Å². The monoisotopic (exact) mass is 617 g/mol. The molecule has 1 saturated heterocycles. The fourth-order valence-electron chi connectivity index (χ4n) is 4.70. The molecule has 3 aromatic rings. The standard InChI is InChI=1S/C28H26F7N3O3S/c1-13(2)18-9-19(23(40-4)10-21(18)29)20-11-36-25(42-5)37-22(20)12-38-14(3)24(41-26(38)39)15-6-16(27(30,31)32)8-17(7-15)28(33,34)35/h6-11,13-14,24H,12H2,1-5H3/t14-,24-/m0/s1. The zero-order valence-electron chi connectivity index (χ0n) is 23.0. The lowest BCUT2D eigenvalue weighted by atomic mass is 9.95. The summed E-state index contributed by atoms with van der Waals surface area (Å²) in [6, 6.07) is 2.95. The van der Waals surface area contributed by atoms with E-state index < -0.39 is 53.1 Å². The average Bonchev–Trinajstić information content (AvgIpc) is 3.20. The average molecular weight is 618 g/mol. The van der Waals surface area contributed by atoms with E-state index >= 15 is 0 Å². The third kappa shape index (κ3) is 6.27. The topological polar surface area (TPSA) is 64.6 Å². The second-order valence-corrected chi connectivity index (χ2v) is 10.7. The minimum Gasteiger partial charge on any atom is -0.496 e. The first-order valence-corrected chi connectivity index (χ1v) is 13.8. The maximum absolute atomic E-state index is 14.7. The van der Waals surface area contributed by atoms with Crippen molar-refractivity contribution in [2.24, 2.45) is 0 Å². The summed E-state index contributed by atoms with van der Waals surface area (Å²) in [7, 11) is 1.36. The van der Waals surface area contributed by atoms with E-state index in [1.165, 1.54) is 38.1 Å². The van der Waals surface area contributed by atoms with Gasteiger partial charge in [0.15, 0.2) is 5.16 Å². The van der Waals surface area contributed by atoms with Crippen LogP contribution in [0.25, 0.3) is 11.1 Å². The Balaban J connectivity index is 1.77. The van der Waals surface area contributed by atoms with Crippen LogP contribution in [0.15, 0.2) is 41.7 Å². The van der Waals surface area contributed by atoms with Crippen molar-refractivity contribution in [1.82, 2.24) is 14.9 Å². The summed E-state index contributed by atoms with van der Waals surface area (Å²) in [5.74, 6) is -0.488. The van der Waals surface area contributed by atoms with Gasteiger partial charge in [-0.1, -0.05) is 25.6 Å². The molecular formula is C28H26F7N3O3S. The fourth-order valence-corrected chi connectivity index (χ4v) is 5.06. The molecule has 1 amide bonds. The SMILES string of the molecule is COc1cc(F)c(C(C)C)cc1-c1cnc(SC)nc1CN1C(=O)O[C@H](c2cc(C(F)(F)F)cc(C(F)(F)F)c2)[C@@H]1C. The molecule has 42 heavy (non-hydrogen) atoms. The third-order valence-corrected chi connectivity index (χ3v) is 7.47. The Morgan fingerprint density at radius 3 is 2.17 bits per heavy atom. The number of aromatic nitrogens is 2.